The predicted molar refractivity (Wildman–Crippen MR) is 60.9 cm³/mol. The van der Waals surface area contributed by atoms with Crippen LogP contribution in [0.5, 0.6) is 5.75 Å². The Bertz CT molecular complexity index is 538. The Labute approximate surface area is 106 Å². The summed E-state index contributed by atoms with van der Waals surface area (Å²) in [6.07, 6.45) is 1.19. The zero-order valence-electron chi connectivity index (χ0n) is 8.86. The monoisotopic (exact) mass is 272 g/mol. The van der Waals surface area contributed by atoms with E-state index >= 15 is 0 Å². The van der Waals surface area contributed by atoms with E-state index < -0.39 is 12.5 Å². The third-order valence-electron chi connectivity index (χ3n) is 1.87. The number of hydrogen-bond donors (Lipinski definition) is 1. The van der Waals surface area contributed by atoms with Crippen molar-refractivity contribution in [2.75, 3.05) is 0 Å². The number of nitrogens with two attached hydrogens (primary N) is 1. The highest BCUT2D eigenvalue weighted by molar-refractivity contribution is 6.32. The molecule has 0 radical (unpaired) electrons. The van der Waals surface area contributed by atoms with Crippen LogP contribution in [-0.4, -0.2) is 12.5 Å². The Balaban J connectivity index is 3.05. The van der Waals surface area contributed by atoms with E-state index in [1.54, 1.807) is 6.07 Å². The summed E-state index contributed by atoms with van der Waals surface area (Å²) in [5.41, 5.74) is 5.04. The number of primary amides is 1. The summed E-state index contributed by atoms with van der Waals surface area (Å²) < 4.78 is 28.1. The standard InChI is InChI=1S/C11H7ClF2N2O2/c12-8-4-6(3-7(5-15)10(16)17)1-2-9(8)18-11(13)14/h1-4,11H,(H2,16,17)/b7-3-. The van der Waals surface area contributed by atoms with E-state index in [1.165, 1.54) is 24.3 Å². The topological polar surface area (TPSA) is 76.1 Å². The van der Waals surface area contributed by atoms with Gasteiger partial charge in [-0.3, -0.25) is 4.79 Å². The van der Waals surface area contributed by atoms with E-state index in [9.17, 15) is 13.6 Å². The summed E-state index contributed by atoms with van der Waals surface area (Å²) in [5, 5.41) is 8.56. The molecule has 0 aliphatic carbocycles. The molecule has 1 amide bonds. The van der Waals surface area contributed by atoms with Crippen LogP contribution >= 0.6 is 11.6 Å². The fourth-order valence-electron chi connectivity index (χ4n) is 1.12. The van der Waals surface area contributed by atoms with Gasteiger partial charge in [-0.2, -0.15) is 14.0 Å². The van der Waals surface area contributed by atoms with Crippen molar-refractivity contribution in [1.82, 2.24) is 0 Å². The van der Waals surface area contributed by atoms with Gasteiger partial charge in [-0.15, -0.1) is 0 Å². The molecule has 1 aromatic carbocycles. The molecule has 1 aromatic rings. The maximum absolute atomic E-state index is 12.0. The Morgan fingerprint density at radius 1 is 1.56 bits per heavy atom. The molecule has 2 N–H and O–H groups in total. The summed E-state index contributed by atoms with van der Waals surface area (Å²) in [5.74, 6) is -1.08. The second kappa shape index (κ2) is 5.98. The smallest absolute Gasteiger partial charge is 0.387 e. The summed E-state index contributed by atoms with van der Waals surface area (Å²) in [6.45, 7) is -2.98. The summed E-state index contributed by atoms with van der Waals surface area (Å²) in [6, 6.07) is 5.46. The molecule has 0 saturated heterocycles. The molecule has 94 valence electrons. The van der Waals surface area contributed by atoms with Crippen LogP contribution < -0.4 is 10.5 Å². The van der Waals surface area contributed by atoms with Gasteiger partial charge < -0.3 is 10.5 Å². The third-order valence-corrected chi connectivity index (χ3v) is 2.16. The van der Waals surface area contributed by atoms with Crippen molar-refractivity contribution in [2.24, 2.45) is 5.73 Å². The first-order valence-corrected chi connectivity index (χ1v) is 4.97. The van der Waals surface area contributed by atoms with Crippen LogP contribution in [0.2, 0.25) is 5.02 Å². The molecule has 0 heterocycles. The number of hydrogen-bond acceptors (Lipinski definition) is 3. The number of nitriles is 1. The number of benzene rings is 1. The number of rotatable bonds is 4. The van der Waals surface area contributed by atoms with Gasteiger partial charge in [0.05, 0.1) is 5.02 Å². The average molecular weight is 273 g/mol. The zero-order chi connectivity index (χ0) is 13.7. The number of alkyl halides is 2. The van der Waals surface area contributed by atoms with Gasteiger partial charge in [0, 0.05) is 0 Å². The van der Waals surface area contributed by atoms with Gasteiger partial charge in [-0.25, -0.2) is 0 Å². The van der Waals surface area contributed by atoms with Gasteiger partial charge in [0.15, 0.2) is 0 Å². The fourth-order valence-corrected chi connectivity index (χ4v) is 1.36. The molecular weight excluding hydrogens is 266 g/mol. The van der Waals surface area contributed by atoms with E-state index in [-0.39, 0.29) is 16.3 Å². The minimum atomic E-state index is -2.98. The van der Waals surface area contributed by atoms with Crippen LogP contribution in [0.1, 0.15) is 5.56 Å². The molecule has 1 rings (SSSR count). The zero-order valence-corrected chi connectivity index (χ0v) is 9.62. The van der Waals surface area contributed by atoms with Crippen molar-refractivity contribution in [1.29, 1.82) is 5.26 Å². The van der Waals surface area contributed by atoms with Crippen molar-refractivity contribution >= 4 is 23.6 Å². The first-order valence-electron chi connectivity index (χ1n) is 4.60. The van der Waals surface area contributed by atoms with Crippen molar-refractivity contribution in [3.8, 4) is 11.8 Å². The minimum Gasteiger partial charge on any atom is -0.433 e. The van der Waals surface area contributed by atoms with E-state index in [0.29, 0.717) is 5.56 Å². The van der Waals surface area contributed by atoms with Crippen LogP contribution in [0.4, 0.5) is 8.78 Å². The van der Waals surface area contributed by atoms with Crippen LogP contribution in [0, 0.1) is 11.3 Å². The Kier molecular flexibility index (Phi) is 4.63. The molecular formula is C11H7ClF2N2O2. The van der Waals surface area contributed by atoms with E-state index in [0.717, 1.165) is 0 Å². The number of carbonyl (C=O) groups is 1. The largest absolute Gasteiger partial charge is 0.433 e. The average Bonchev–Trinajstić information content (AvgIpc) is 2.28. The van der Waals surface area contributed by atoms with E-state index in [1.807, 2.05) is 0 Å². The minimum absolute atomic E-state index is 0.0641. The maximum Gasteiger partial charge on any atom is 0.387 e. The van der Waals surface area contributed by atoms with Crippen molar-refractivity contribution in [3.63, 3.8) is 0 Å². The summed E-state index contributed by atoms with van der Waals surface area (Å²) in [4.78, 5) is 10.8. The summed E-state index contributed by atoms with van der Waals surface area (Å²) >= 11 is 5.69. The van der Waals surface area contributed by atoms with Crippen LogP contribution in [0.25, 0.3) is 6.08 Å². The molecule has 4 nitrogen and oxygen atoms in total. The molecule has 0 unspecified atom stereocenters. The number of nitrogens with zero attached hydrogens (tertiary/aromatic N) is 1. The third kappa shape index (κ3) is 3.71. The van der Waals surface area contributed by atoms with Gasteiger partial charge in [0.25, 0.3) is 5.91 Å². The highest BCUT2D eigenvalue weighted by atomic mass is 35.5. The highest BCUT2D eigenvalue weighted by Gasteiger charge is 2.09. The normalized spacial score (nSPS) is 11.2. The Morgan fingerprint density at radius 2 is 2.22 bits per heavy atom. The van der Waals surface area contributed by atoms with Crippen LogP contribution in [0.3, 0.4) is 0 Å². The van der Waals surface area contributed by atoms with Crippen molar-refractivity contribution in [3.05, 3.63) is 34.4 Å². The summed E-state index contributed by atoms with van der Waals surface area (Å²) in [7, 11) is 0. The van der Waals surface area contributed by atoms with E-state index in [2.05, 4.69) is 4.74 Å². The quantitative estimate of drug-likeness (QED) is 0.675. The SMILES string of the molecule is N#C/C(=C/c1ccc(OC(F)F)c(Cl)c1)C(N)=O. The number of carbonyl (C=O) groups excluding carboxylic acids is 1. The lowest BCUT2D eigenvalue weighted by molar-refractivity contribution is -0.114. The number of ether oxygens (including phenoxy) is 1. The van der Waals surface area contributed by atoms with Crippen LogP contribution in [0.15, 0.2) is 23.8 Å². The number of halogens is 3. The molecule has 0 aromatic heterocycles. The Hall–Kier alpha value is -2.13. The molecule has 0 fully saturated rings. The molecule has 0 saturated carbocycles. The predicted octanol–water partition coefficient (Wildman–Crippen LogP) is 2.33. The van der Waals surface area contributed by atoms with Gasteiger partial charge in [0.2, 0.25) is 0 Å². The second-order valence-electron chi connectivity index (χ2n) is 3.10. The maximum atomic E-state index is 12.0. The van der Waals surface area contributed by atoms with Crippen molar-refractivity contribution in [2.45, 2.75) is 6.61 Å². The lowest BCUT2D eigenvalue weighted by atomic mass is 10.1. The fraction of sp³-hybridized carbons (Fsp3) is 0.0909. The molecule has 0 spiro atoms. The van der Waals surface area contributed by atoms with Crippen molar-refractivity contribution < 1.29 is 18.3 Å². The van der Waals surface area contributed by atoms with Gasteiger partial charge in [-0.05, 0) is 23.8 Å². The highest BCUT2D eigenvalue weighted by Crippen LogP contribution is 2.27. The lowest BCUT2D eigenvalue weighted by Crippen LogP contribution is -2.12. The first-order chi connectivity index (χ1) is 8.43. The first kappa shape index (κ1) is 13.9. The molecule has 0 bridgehead atoms. The van der Waals surface area contributed by atoms with E-state index in [4.69, 9.17) is 22.6 Å². The second-order valence-corrected chi connectivity index (χ2v) is 3.51. The van der Waals surface area contributed by atoms with Gasteiger partial charge in [-0.1, -0.05) is 17.7 Å². The Morgan fingerprint density at radius 3 is 2.67 bits per heavy atom. The molecule has 7 heteroatoms. The molecule has 0 atom stereocenters. The lowest BCUT2D eigenvalue weighted by Gasteiger charge is -2.06. The van der Waals surface area contributed by atoms with Gasteiger partial charge >= 0.3 is 6.61 Å². The van der Waals surface area contributed by atoms with Crippen LogP contribution in [-0.2, 0) is 4.79 Å². The number of amides is 1. The molecule has 0 aliphatic heterocycles. The molecule has 0 aliphatic rings. The molecule has 18 heavy (non-hydrogen) atoms. The van der Waals surface area contributed by atoms with Gasteiger partial charge in [0.1, 0.15) is 17.4 Å².